The molecule has 1 aliphatic rings. The van der Waals surface area contributed by atoms with Crippen molar-refractivity contribution in [1.29, 1.82) is 0 Å². The Morgan fingerprint density at radius 3 is 2.65 bits per heavy atom. The average Bonchev–Trinajstić information content (AvgIpc) is 2.46. The van der Waals surface area contributed by atoms with Crippen molar-refractivity contribution >= 4 is 11.8 Å². The molecule has 0 saturated carbocycles. The molecule has 0 aromatic heterocycles. The summed E-state index contributed by atoms with van der Waals surface area (Å²) >= 11 is 2.09. The SMILES string of the molecule is CC(C)N(C)Cc1cccc(CNC2CCSCC2)c1. The molecule has 1 aromatic carbocycles. The van der Waals surface area contributed by atoms with Gasteiger partial charge in [0.15, 0.2) is 0 Å². The summed E-state index contributed by atoms with van der Waals surface area (Å²) in [5.74, 6) is 2.63. The van der Waals surface area contributed by atoms with E-state index in [9.17, 15) is 0 Å². The highest BCUT2D eigenvalue weighted by atomic mass is 32.2. The van der Waals surface area contributed by atoms with Crippen LogP contribution in [0.3, 0.4) is 0 Å². The van der Waals surface area contributed by atoms with E-state index < -0.39 is 0 Å². The van der Waals surface area contributed by atoms with Crippen LogP contribution in [0.5, 0.6) is 0 Å². The minimum absolute atomic E-state index is 0.594. The second kappa shape index (κ2) is 8.06. The van der Waals surface area contributed by atoms with Gasteiger partial charge in [0.1, 0.15) is 0 Å². The molecule has 1 aliphatic heterocycles. The largest absolute Gasteiger partial charge is 0.310 e. The van der Waals surface area contributed by atoms with Gasteiger partial charge in [-0.05, 0) is 56.4 Å². The molecule has 0 aliphatic carbocycles. The first-order valence-electron chi connectivity index (χ1n) is 7.74. The number of nitrogens with one attached hydrogen (secondary N) is 1. The molecule has 1 fully saturated rings. The van der Waals surface area contributed by atoms with E-state index in [-0.39, 0.29) is 0 Å². The van der Waals surface area contributed by atoms with Gasteiger partial charge in [-0.1, -0.05) is 24.3 Å². The summed E-state index contributed by atoms with van der Waals surface area (Å²) in [6.45, 7) is 6.53. The third-order valence-electron chi connectivity index (χ3n) is 4.12. The highest BCUT2D eigenvalue weighted by Gasteiger charge is 2.12. The molecule has 3 heteroatoms. The fourth-order valence-corrected chi connectivity index (χ4v) is 3.58. The Kier molecular flexibility index (Phi) is 6.40. The lowest BCUT2D eigenvalue weighted by atomic mass is 10.1. The monoisotopic (exact) mass is 292 g/mol. The topological polar surface area (TPSA) is 15.3 Å². The molecule has 0 spiro atoms. The van der Waals surface area contributed by atoms with Crippen molar-refractivity contribution in [2.75, 3.05) is 18.6 Å². The zero-order chi connectivity index (χ0) is 14.4. The number of rotatable bonds is 6. The first-order valence-corrected chi connectivity index (χ1v) is 8.90. The fraction of sp³-hybridized carbons (Fsp3) is 0.647. The molecule has 2 nitrogen and oxygen atoms in total. The van der Waals surface area contributed by atoms with Gasteiger partial charge in [0.2, 0.25) is 0 Å². The molecule has 0 atom stereocenters. The highest BCUT2D eigenvalue weighted by molar-refractivity contribution is 7.99. The van der Waals surface area contributed by atoms with Crippen LogP contribution < -0.4 is 5.32 Å². The van der Waals surface area contributed by atoms with Crippen LogP contribution >= 0.6 is 11.8 Å². The third-order valence-corrected chi connectivity index (χ3v) is 5.17. The van der Waals surface area contributed by atoms with Gasteiger partial charge in [-0.2, -0.15) is 11.8 Å². The second-order valence-corrected chi connectivity index (χ2v) is 7.32. The highest BCUT2D eigenvalue weighted by Crippen LogP contribution is 2.17. The van der Waals surface area contributed by atoms with Crippen molar-refractivity contribution in [2.24, 2.45) is 0 Å². The van der Waals surface area contributed by atoms with Crippen molar-refractivity contribution < 1.29 is 0 Å². The Bertz CT molecular complexity index is 400. The van der Waals surface area contributed by atoms with Crippen molar-refractivity contribution in [1.82, 2.24) is 10.2 Å². The zero-order valence-corrected chi connectivity index (χ0v) is 13.9. The summed E-state index contributed by atoms with van der Waals surface area (Å²) in [5.41, 5.74) is 2.83. The van der Waals surface area contributed by atoms with E-state index in [0.29, 0.717) is 6.04 Å². The van der Waals surface area contributed by atoms with Crippen LogP contribution in [-0.4, -0.2) is 35.5 Å². The second-order valence-electron chi connectivity index (χ2n) is 6.10. The van der Waals surface area contributed by atoms with Crippen molar-refractivity contribution in [3.05, 3.63) is 35.4 Å². The maximum Gasteiger partial charge on any atom is 0.0233 e. The third kappa shape index (κ3) is 5.12. The number of hydrogen-bond donors (Lipinski definition) is 1. The van der Waals surface area contributed by atoms with Gasteiger partial charge in [0.05, 0.1) is 0 Å². The number of nitrogens with zero attached hydrogens (tertiary/aromatic N) is 1. The summed E-state index contributed by atoms with van der Waals surface area (Å²) < 4.78 is 0. The smallest absolute Gasteiger partial charge is 0.0233 e. The van der Waals surface area contributed by atoms with Gasteiger partial charge in [0.25, 0.3) is 0 Å². The predicted octanol–water partition coefficient (Wildman–Crippen LogP) is 3.51. The summed E-state index contributed by atoms with van der Waals surface area (Å²) in [4.78, 5) is 2.38. The van der Waals surface area contributed by atoms with Crippen molar-refractivity contribution in [3.8, 4) is 0 Å². The first-order chi connectivity index (χ1) is 9.65. The molecule has 112 valence electrons. The molecule has 20 heavy (non-hydrogen) atoms. The van der Waals surface area contributed by atoms with Gasteiger partial charge >= 0.3 is 0 Å². The van der Waals surface area contributed by atoms with Crippen LogP contribution in [0.4, 0.5) is 0 Å². The van der Waals surface area contributed by atoms with E-state index in [1.807, 2.05) is 0 Å². The molecule has 1 heterocycles. The zero-order valence-electron chi connectivity index (χ0n) is 13.1. The van der Waals surface area contributed by atoms with Gasteiger partial charge < -0.3 is 5.32 Å². The van der Waals surface area contributed by atoms with Crippen molar-refractivity contribution in [2.45, 2.75) is 51.9 Å². The number of hydrogen-bond acceptors (Lipinski definition) is 3. The predicted molar refractivity (Wildman–Crippen MR) is 90.2 cm³/mol. The molecule has 0 radical (unpaired) electrons. The molecule has 0 amide bonds. The van der Waals surface area contributed by atoms with Crippen LogP contribution in [0, 0.1) is 0 Å². The van der Waals surface area contributed by atoms with E-state index in [4.69, 9.17) is 0 Å². The fourth-order valence-electron chi connectivity index (χ4n) is 2.47. The first kappa shape index (κ1) is 15.9. The van der Waals surface area contributed by atoms with Gasteiger partial charge in [-0.15, -0.1) is 0 Å². The van der Waals surface area contributed by atoms with Gasteiger partial charge in [0, 0.05) is 25.2 Å². The molecule has 1 aromatic rings. The Balaban J connectivity index is 1.85. The standard InChI is InChI=1S/C17H28N2S/c1-14(2)19(3)13-16-6-4-5-15(11-16)12-18-17-7-9-20-10-8-17/h4-6,11,14,17-18H,7-10,12-13H2,1-3H3. The molecule has 2 rings (SSSR count). The maximum absolute atomic E-state index is 3.71. The molecule has 1 saturated heterocycles. The quantitative estimate of drug-likeness (QED) is 0.864. The average molecular weight is 292 g/mol. The van der Waals surface area contributed by atoms with Crippen LogP contribution in [0.1, 0.15) is 37.8 Å². The van der Waals surface area contributed by atoms with Crippen LogP contribution in [0.25, 0.3) is 0 Å². The van der Waals surface area contributed by atoms with E-state index in [1.165, 1.54) is 35.5 Å². The van der Waals surface area contributed by atoms with E-state index in [0.717, 1.165) is 19.1 Å². The molecule has 0 bridgehead atoms. The Hall–Kier alpha value is -0.510. The summed E-state index contributed by atoms with van der Waals surface area (Å²) in [5, 5.41) is 3.71. The Morgan fingerprint density at radius 1 is 1.25 bits per heavy atom. The Labute approximate surface area is 128 Å². The lowest BCUT2D eigenvalue weighted by Gasteiger charge is -2.23. The summed E-state index contributed by atoms with van der Waals surface area (Å²) in [6.07, 6.45) is 2.64. The lowest BCUT2D eigenvalue weighted by Crippen LogP contribution is -2.32. The van der Waals surface area contributed by atoms with Gasteiger partial charge in [-0.25, -0.2) is 0 Å². The molecule has 0 unspecified atom stereocenters. The lowest BCUT2D eigenvalue weighted by molar-refractivity contribution is 0.265. The summed E-state index contributed by atoms with van der Waals surface area (Å²) in [6, 6.07) is 10.3. The molecular formula is C17H28N2S. The van der Waals surface area contributed by atoms with Crippen LogP contribution in [0.2, 0.25) is 0 Å². The number of thioether (sulfide) groups is 1. The normalized spacial score (nSPS) is 17.1. The van der Waals surface area contributed by atoms with Crippen LogP contribution in [0.15, 0.2) is 24.3 Å². The minimum atomic E-state index is 0.594. The van der Waals surface area contributed by atoms with E-state index >= 15 is 0 Å². The van der Waals surface area contributed by atoms with Crippen molar-refractivity contribution in [3.63, 3.8) is 0 Å². The summed E-state index contributed by atoms with van der Waals surface area (Å²) in [7, 11) is 2.19. The minimum Gasteiger partial charge on any atom is -0.310 e. The van der Waals surface area contributed by atoms with Crippen LogP contribution in [-0.2, 0) is 13.1 Å². The van der Waals surface area contributed by atoms with E-state index in [1.54, 1.807) is 0 Å². The maximum atomic E-state index is 3.71. The van der Waals surface area contributed by atoms with E-state index in [2.05, 4.69) is 67.1 Å². The number of benzene rings is 1. The molecule has 1 N–H and O–H groups in total. The van der Waals surface area contributed by atoms with Gasteiger partial charge in [-0.3, -0.25) is 4.90 Å². The Morgan fingerprint density at radius 2 is 1.95 bits per heavy atom. The molecular weight excluding hydrogens is 264 g/mol.